The summed E-state index contributed by atoms with van der Waals surface area (Å²) in [4.78, 5) is 15.2. The van der Waals surface area contributed by atoms with Crippen LogP contribution in [-0.2, 0) is 11.2 Å². The zero-order valence-corrected chi connectivity index (χ0v) is 11.5. The van der Waals surface area contributed by atoms with Gasteiger partial charge in [0.1, 0.15) is 10.8 Å². The maximum Gasteiger partial charge on any atom is 0.310 e. The fourth-order valence-corrected chi connectivity index (χ4v) is 2.64. The van der Waals surface area contributed by atoms with Crippen LogP contribution in [0.4, 0.5) is 4.39 Å². The summed E-state index contributed by atoms with van der Waals surface area (Å²) in [6.07, 6.45) is 0.812. The molecule has 1 aromatic heterocycles. The van der Waals surface area contributed by atoms with E-state index in [1.165, 1.54) is 24.3 Å². The van der Waals surface area contributed by atoms with Gasteiger partial charge in [-0.1, -0.05) is 13.0 Å². The van der Waals surface area contributed by atoms with Crippen LogP contribution in [0.1, 0.15) is 31.0 Å². The maximum atomic E-state index is 14.0. The molecule has 5 heteroatoms. The van der Waals surface area contributed by atoms with E-state index in [0.717, 1.165) is 12.1 Å². The highest BCUT2D eigenvalue weighted by Crippen LogP contribution is 2.29. The second kappa shape index (κ2) is 5.48. The van der Waals surface area contributed by atoms with E-state index in [0.29, 0.717) is 16.1 Å². The van der Waals surface area contributed by atoms with Gasteiger partial charge >= 0.3 is 5.97 Å². The van der Waals surface area contributed by atoms with Crippen LogP contribution in [0.3, 0.4) is 0 Å². The van der Waals surface area contributed by atoms with Gasteiger partial charge < -0.3 is 5.11 Å². The van der Waals surface area contributed by atoms with Gasteiger partial charge in [-0.05, 0) is 31.0 Å². The van der Waals surface area contributed by atoms with Crippen LogP contribution < -0.4 is 0 Å². The molecule has 2 rings (SSSR count). The van der Waals surface area contributed by atoms with Crippen molar-refractivity contribution in [1.29, 1.82) is 0 Å². The van der Waals surface area contributed by atoms with E-state index in [9.17, 15) is 9.18 Å². The van der Waals surface area contributed by atoms with Crippen molar-refractivity contribution in [2.24, 2.45) is 0 Å². The lowest BCUT2D eigenvalue weighted by Gasteiger charge is -2.08. The lowest BCUT2D eigenvalue weighted by molar-refractivity contribution is -0.138. The second-order valence-corrected chi connectivity index (χ2v) is 5.15. The van der Waals surface area contributed by atoms with Crippen molar-refractivity contribution in [3.05, 3.63) is 40.7 Å². The lowest BCUT2D eigenvalue weighted by atomic mass is 10.00. The molecule has 19 heavy (non-hydrogen) atoms. The van der Waals surface area contributed by atoms with Gasteiger partial charge in [-0.15, -0.1) is 11.3 Å². The van der Waals surface area contributed by atoms with Crippen molar-refractivity contribution in [3.63, 3.8) is 0 Å². The average molecular weight is 279 g/mol. The van der Waals surface area contributed by atoms with Gasteiger partial charge in [0.15, 0.2) is 0 Å². The average Bonchev–Trinajstić information content (AvgIpc) is 2.86. The van der Waals surface area contributed by atoms with Crippen LogP contribution >= 0.6 is 11.3 Å². The molecule has 1 N–H and O–H groups in total. The Labute approximate surface area is 114 Å². The maximum absolute atomic E-state index is 14.0. The van der Waals surface area contributed by atoms with Crippen molar-refractivity contribution >= 4 is 17.3 Å². The highest BCUT2D eigenvalue weighted by Gasteiger charge is 2.17. The first-order chi connectivity index (χ1) is 9.02. The van der Waals surface area contributed by atoms with E-state index >= 15 is 0 Å². The van der Waals surface area contributed by atoms with Gasteiger partial charge in [0, 0.05) is 10.9 Å². The van der Waals surface area contributed by atoms with E-state index in [4.69, 9.17) is 5.11 Å². The van der Waals surface area contributed by atoms with E-state index in [1.54, 1.807) is 12.1 Å². The number of hydrogen-bond acceptors (Lipinski definition) is 3. The highest BCUT2D eigenvalue weighted by atomic mass is 32.1. The summed E-state index contributed by atoms with van der Waals surface area (Å²) in [7, 11) is 0. The van der Waals surface area contributed by atoms with E-state index in [-0.39, 0.29) is 0 Å². The minimum absolute atomic E-state index is 0.422. The molecule has 1 unspecified atom stereocenters. The zero-order valence-electron chi connectivity index (χ0n) is 10.7. The topological polar surface area (TPSA) is 50.2 Å². The van der Waals surface area contributed by atoms with Crippen LogP contribution in [0, 0.1) is 5.82 Å². The number of nitrogens with zero attached hydrogens (tertiary/aromatic N) is 1. The molecule has 1 atom stereocenters. The van der Waals surface area contributed by atoms with Crippen LogP contribution in [0.5, 0.6) is 0 Å². The Kier molecular flexibility index (Phi) is 3.95. The predicted octanol–water partition coefficient (Wildman–Crippen LogP) is 3.70. The van der Waals surface area contributed by atoms with Gasteiger partial charge in [0.2, 0.25) is 0 Å². The number of hydrogen-bond donors (Lipinski definition) is 1. The van der Waals surface area contributed by atoms with Gasteiger partial charge in [-0.3, -0.25) is 4.79 Å². The molecule has 1 aromatic carbocycles. The second-order valence-electron chi connectivity index (χ2n) is 4.30. The lowest BCUT2D eigenvalue weighted by Crippen LogP contribution is -2.07. The Hall–Kier alpha value is -1.75. The highest BCUT2D eigenvalue weighted by molar-refractivity contribution is 7.13. The van der Waals surface area contributed by atoms with Crippen molar-refractivity contribution in [2.75, 3.05) is 0 Å². The first-order valence-electron chi connectivity index (χ1n) is 6.00. The standard InChI is InChI=1S/C14H14FNO2S/c1-3-10-7-19-13(16-10)11-5-4-9(6-12(11)15)8(2)14(17)18/h4-8H,3H2,1-2H3,(H,17,18). The quantitative estimate of drug-likeness (QED) is 0.928. The Morgan fingerprint density at radius 1 is 1.53 bits per heavy atom. The molecule has 0 bridgehead atoms. The summed E-state index contributed by atoms with van der Waals surface area (Å²) in [6.45, 7) is 3.53. The molecule has 3 nitrogen and oxygen atoms in total. The van der Waals surface area contributed by atoms with E-state index < -0.39 is 17.7 Å². The fourth-order valence-electron chi connectivity index (χ4n) is 1.71. The minimum atomic E-state index is -0.963. The number of thiazole rings is 1. The first kappa shape index (κ1) is 13.7. The van der Waals surface area contributed by atoms with E-state index in [1.807, 2.05) is 12.3 Å². The minimum Gasteiger partial charge on any atom is -0.481 e. The third-order valence-electron chi connectivity index (χ3n) is 3.01. The van der Waals surface area contributed by atoms with E-state index in [2.05, 4.69) is 4.98 Å². The Balaban J connectivity index is 2.36. The van der Waals surface area contributed by atoms with Crippen molar-refractivity contribution in [2.45, 2.75) is 26.2 Å². The summed E-state index contributed by atoms with van der Waals surface area (Å²) in [6, 6.07) is 4.52. The Morgan fingerprint density at radius 3 is 2.79 bits per heavy atom. The van der Waals surface area contributed by atoms with Gasteiger partial charge in [-0.25, -0.2) is 9.37 Å². The molecule has 100 valence electrons. The summed E-state index contributed by atoms with van der Waals surface area (Å²) in [5.41, 5.74) is 1.81. The molecule has 0 spiro atoms. The number of aromatic nitrogens is 1. The van der Waals surface area contributed by atoms with Crippen molar-refractivity contribution in [1.82, 2.24) is 4.98 Å². The fraction of sp³-hybridized carbons (Fsp3) is 0.286. The zero-order chi connectivity index (χ0) is 14.0. The molecule has 0 radical (unpaired) electrons. The van der Waals surface area contributed by atoms with Gasteiger partial charge in [0.05, 0.1) is 11.6 Å². The predicted molar refractivity (Wildman–Crippen MR) is 72.9 cm³/mol. The Morgan fingerprint density at radius 2 is 2.26 bits per heavy atom. The van der Waals surface area contributed by atoms with Crippen LogP contribution in [0.25, 0.3) is 10.6 Å². The summed E-state index contributed by atoms with van der Waals surface area (Å²) < 4.78 is 14.0. The number of benzene rings is 1. The summed E-state index contributed by atoms with van der Waals surface area (Å²) in [5, 5.41) is 11.4. The van der Waals surface area contributed by atoms with Crippen LogP contribution in [0.15, 0.2) is 23.6 Å². The number of aliphatic carboxylic acids is 1. The summed E-state index contributed by atoms with van der Waals surface area (Å²) in [5.74, 6) is -2.11. The molecule has 0 saturated carbocycles. The largest absolute Gasteiger partial charge is 0.481 e. The monoisotopic (exact) mass is 279 g/mol. The van der Waals surface area contributed by atoms with Gasteiger partial charge in [0.25, 0.3) is 0 Å². The Bertz CT molecular complexity index is 609. The third kappa shape index (κ3) is 2.81. The molecular formula is C14H14FNO2S. The van der Waals surface area contributed by atoms with Crippen molar-refractivity contribution in [3.8, 4) is 10.6 Å². The number of carbonyl (C=O) groups is 1. The molecule has 0 saturated heterocycles. The van der Waals surface area contributed by atoms with Crippen LogP contribution in [-0.4, -0.2) is 16.1 Å². The molecule has 1 heterocycles. The normalized spacial score (nSPS) is 12.4. The third-order valence-corrected chi connectivity index (χ3v) is 3.93. The molecule has 0 aliphatic heterocycles. The first-order valence-corrected chi connectivity index (χ1v) is 6.88. The number of halogens is 1. The van der Waals surface area contributed by atoms with Crippen LogP contribution in [0.2, 0.25) is 0 Å². The smallest absolute Gasteiger partial charge is 0.310 e. The number of carboxylic acids is 1. The molecule has 0 aliphatic carbocycles. The molecule has 0 amide bonds. The number of rotatable bonds is 4. The number of aryl methyl sites for hydroxylation is 1. The molecule has 0 fully saturated rings. The van der Waals surface area contributed by atoms with Gasteiger partial charge in [-0.2, -0.15) is 0 Å². The molecule has 2 aromatic rings. The van der Waals surface area contributed by atoms with Crippen molar-refractivity contribution < 1.29 is 14.3 Å². The number of carboxylic acid groups (broad SMARTS) is 1. The molecular weight excluding hydrogens is 265 g/mol. The SMILES string of the molecule is CCc1csc(-c2ccc(C(C)C(=O)O)cc2F)n1. The summed E-state index contributed by atoms with van der Waals surface area (Å²) >= 11 is 1.39. The molecule has 0 aliphatic rings.